The maximum absolute atomic E-state index is 4.81. The van der Waals surface area contributed by atoms with E-state index in [0.717, 1.165) is 25.3 Å². The molecule has 0 unspecified atom stereocenters. The fourth-order valence-electron chi connectivity index (χ4n) is 1.75. The summed E-state index contributed by atoms with van der Waals surface area (Å²) >= 11 is 3.91. The summed E-state index contributed by atoms with van der Waals surface area (Å²) in [6, 6.07) is 0. The lowest BCUT2D eigenvalue weighted by Crippen LogP contribution is -2.13. The highest BCUT2D eigenvalue weighted by Gasteiger charge is 2.10. The van der Waals surface area contributed by atoms with Crippen LogP contribution in [0.2, 0.25) is 0 Å². The van der Waals surface area contributed by atoms with Crippen LogP contribution in [0.3, 0.4) is 0 Å². The molecule has 1 N–H and O–H groups in total. The van der Waals surface area contributed by atoms with Gasteiger partial charge in [-0.25, -0.2) is 4.98 Å². The molecule has 0 aliphatic rings. The average Bonchev–Trinajstić information content (AvgIpc) is 2.73. The number of thioether (sulfide) groups is 1. The lowest BCUT2D eigenvalue weighted by Gasteiger charge is -2.02. The van der Waals surface area contributed by atoms with Gasteiger partial charge in [0.2, 0.25) is 0 Å². The summed E-state index contributed by atoms with van der Waals surface area (Å²) in [5.74, 6) is 2.33. The Kier molecular flexibility index (Phi) is 8.72. The predicted octanol–water partition coefficient (Wildman–Crippen LogP) is 4.24. The van der Waals surface area contributed by atoms with E-state index in [4.69, 9.17) is 4.98 Å². The summed E-state index contributed by atoms with van der Waals surface area (Å²) in [7, 11) is 0. The van der Waals surface area contributed by atoms with Gasteiger partial charge in [0.1, 0.15) is 5.01 Å². The molecule has 0 spiro atoms. The van der Waals surface area contributed by atoms with E-state index in [1.807, 2.05) is 23.1 Å². The van der Waals surface area contributed by atoms with Crippen LogP contribution < -0.4 is 5.32 Å². The van der Waals surface area contributed by atoms with E-state index in [1.54, 1.807) is 0 Å². The maximum atomic E-state index is 4.81. The number of hydrogen-bond donors (Lipinski definition) is 1. The normalized spacial score (nSPS) is 11.1. The molecule has 0 amide bonds. The molecule has 0 saturated carbocycles. The van der Waals surface area contributed by atoms with Gasteiger partial charge in [-0.15, -0.1) is 11.3 Å². The van der Waals surface area contributed by atoms with Crippen molar-refractivity contribution in [3.05, 3.63) is 15.6 Å². The summed E-state index contributed by atoms with van der Waals surface area (Å²) in [5, 5.41) is 4.80. The van der Waals surface area contributed by atoms with E-state index < -0.39 is 0 Å². The van der Waals surface area contributed by atoms with E-state index in [-0.39, 0.29) is 0 Å². The second kappa shape index (κ2) is 9.82. The van der Waals surface area contributed by atoms with Crippen LogP contribution in [0.4, 0.5) is 0 Å². The second-order valence-electron chi connectivity index (χ2n) is 4.46. The van der Waals surface area contributed by atoms with Crippen LogP contribution in [0.15, 0.2) is 0 Å². The molecule has 0 fully saturated rings. The fraction of sp³-hybridized carbons (Fsp3) is 0.786. The Hall–Kier alpha value is -0.0600. The van der Waals surface area contributed by atoms with Gasteiger partial charge in [0.15, 0.2) is 0 Å². The van der Waals surface area contributed by atoms with Crippen molar-refractivity contribution in [1.82, 2.24) is 10.3 Å². The zero-order valence-electron chi connectivity index (χ0n) is 11.9. The van der Waals surface area contributed by atoms with E-state index in [9.17, 15) is 0 Å². The molecule has 4 heteroatoms. The van der Waals surface area contributed by atoms with Crippen molar-refractivity contribution in [3.8, 4) is 0 Å². The first-order chi connectivity index (χ1) is 8.81. The van der Waals surface area contributed by atoms with Gasteiger partial charge in [-0.2, -0.15) is 11.8 Å². The topological polar surface area (TPSA) is 24.9 Å². The Balaban J connectivity index is 2.55. The van der Waals surface area contributed by atoms with Crippen molar-refractivity contribution in [2.24, 2.45) is 0 Å². The van der Waals surface area contributed by atoms with Crippen molar-refractivity contribution >= 4 is 23.1 Å². The van der Waals surface area contributed by atoms with Crippen molar-refractivity contribution in [1.29, 1.82) is 0 Å². The molecule has 1 rings (SSSR count). The minimum absolute atomic E-state index is 0.999. The highest BCUT2D eigenvalue weighted by Crippen LogP contribution is 2.24. The van der Waals surface area contributed by atoms with E-state index in [0.29, 0.717) is 0 Å². The van der Waals surface area contributed by atoms with E-state index >= 15 is 0 Å². The zero-order valence-corrected chi connectivity index (χ0v) is 13.6. The molecule has 0 radical (unpaired) electrons. The van der Waals surface area contributed by atoms with Crippen LogP contribution in [-0.2, 0) is 18.7 Å². The van der Waals surface area contributed by atoms with Crippen LogP contribution in [0.5, 0.6) is 0 Å². The Morgan fingerprint density at radius 1 is 1.17 bits per heavy atom. The maximum Gasteiger partial charge on any atom is 0.103 e. The summed E-state index contributed by atoms with van der Waals surface area (Å²) < 4.78 is 0. The van der Waals surface area contributed by atoms with E-state index in [2.05, 4.69) is 26.1 Å². The summed E-state index contributed by atoms with van der Waals surface area (Å²) in [4.78, 5) is 6.26. The fourth-order valence-corrected chi connectivity index (χ4v) is 3.79. The van der Waals surface area contributed by atoms with Crippen LogP contribution >= 0.6 is 23.1 Å². The molecular weight excluding hydrogens is 260 g/mol. The van der Waals surface area contributed by atoms with Gasteiger partial charge >= 0.3 is 0 Å². The van der Waals surface area contributed by atoms with Crippen LogP contribution in [0.1, 0.15) is 55.6 Å². The molecule has 1 aromatic heterocycles. The molecular formula is C14H26N2S2. The monoisotopic (exact) mass is 286 g/mol. The van der Waals surface area contributed by atoms with Gasteiger partial charge in [0.05, 0.1) is 5.69 Å². The van der Waals surface area contributed by atoms with Crippen molar-refractivity contribution in [3.63, 3.8) is 0 Å². The standard InChI is InChI=1S/C14H26N2S2/c1-4-7-12-13(10-15-8-5-2)18-14(16-12)11-17-9-6-3/h15H,4-11H2,1-3H3. The third kappa shape index (κ3) is 5.72. The number of aryl methyl sites for hydroxylation is 1. The summed E-state index contributed by atoms with van der Waals surface area (Å²) in [5.41, 5.74) is 1.33. The minimum Gasteiger partial charge on any atom is -0.312 e. The molecule has 104 valence electrons. The molecule has 1 heterocycles. The third-order valence-corrected chi connectivity index (χ3v) is 5.05. The number of nitrogens with zero attached hydrogens (tertiary/aromatic N) is 1. The van der Waals surface area contributed by atoms with Gasteiger partial charge in [-0.05, 0) is 31.6 Å². The minimum atomic E-state index is 0.999. The Labute approximate surface area is 120 Å². The van der Waals surface area contributed by atoms with Gasteiger partial charge in [0.25, 0.3) is 0 Å². The molecule has 1 aromatic rings. The number of aromatic nitrogens is 1. The second-order valence-corrected chi connectivity index (χ2v) is 6.73. The number of nitrogens with one attached hydrogen (secondary N) is 1. The predicted molar refractivity (Wildman–Crippen MR) is 84.6 cm³/mol. The van der Waals surface area contributed by atoms with Crippen LogP contribution in [0, 0.1) is 0 Å². The molecule has 18 heavy (non-hydrogen) atoms. The zero-order chi connectivity index (χ0) is 13.2. The van der Waals surface area contributed by atoms with E-state index in [1.165, 1.54) is 40.6 Å². The molecule has 0 saturated heterocycles. The third-order valence-electron chi connectivity index (χ3n) is 2.60. The summed E-state index contributed by atoms with van der Waals surface area (Å²) in [6.07, 6.45) is 4.76. The van der Waals surface area contributed by atoms with Gasteiger partial charge in [-0.1, -0.05) is 27.2 Å². The summed E-state index contributed by atoms with van der Waals surface area (Å²) in [6.45, 7) is 8.77. The van der Waals surface area contributed by atoms with Crippen molar-refractivity contribution in [2.75, 3.05) is 12.3 Å². The number of hydrogen-bond acceptors (Lipinski definition) is 4. The van der Waals surface area contributed by atoms with Crippen molar-refractivity contribution in [2.45, 2.75) is 58.8 Å². The quantitative estimate of drug-likeness (QED) is 0.651. The van der Waals surface area contributed by atoms with Gasteiger partial charge in [0, 0.05) is 17.2 Å². The Bertz CT molecular complexity index is 324. The SMILES string of the molecule is CCCNCc1sc(CSCCC)nc1CCC. The van der Waals surface area contributed by atoms with Crippen LogP contribution in [-0.4, -0.2) is 17.3 Å². The molecule has 0 aliphatic heterocycles. The number of thiazole rings is 1. The first kappa shape index (κ1) is 16.0. The van der Waals surface area contributed by atoms with Gasteiger partial charge in [-0.3, -0.25) is 0 Å². The highest BCUT2D eigenvalue weighted by atomic mass is 32.2. The molecule has 2 nitrogen and oxygen atoms in total. The number of rotatable bonds is 10. The van der Waals surface area contributed by atoms with Gasteiger partial charge < -0.3 is 5.32 Å². The van der Waals surface area contributed by atoms with Crippen molar-refractivity contribution < 1.29 is 0 Å². The molecule has 0 aliphatic carbocycles. The van der Waals surface area contributed by atoms with Crippen LogP contribution in [0.25, 0.3) is 0 Å². The smallest absolute Gasteiger partial charge is 0.103 e. The lowest BCUT2D eigenvalue weighted by atomic mass is 10.2. The Morgan fingerprint density at radius 3 is 2.67 bits per heavy atom. The largest absolute Gasteiger partial charge is 0.312 e. The Morgan fingerprint density at radius 2 is 2.00 bits per heavy atom. The first-order valence-corrected chi connectivity index (χ1v) is 9.04. The highest BCUT2D eigenvalue weighted by molar-refractivity contribution is 7.98. The molecule has 0 aromatic carbocycles. The first-order valence-electron chi connectivity index (χ1n) is 7.07. The lowest BCUT2D eigenvalue weighted by molar-refractivity contribution is 0.674. The molecule has 0 bridgehead atoms. The molecule has 0 atom stereocenters. The average molecular weight is 287 g/mol.